The number of imide groups is 1. The van der Waals surface area contributed by atoms with Gasteiger partial charge in [-0.2, -0.15) is 0 Å². The number of ether oxygens (including phenoxy) is 1. The number of hydrogen-bond donors (Lipinski definition) is 4. The van der Waals surface area contributed by atoms with Crippen molar-refractivity contribution in [1.82, 2.24) is 25.3 Å². The third-order valence-electron chi connectivity index (χ3n) is 13.1. The van der Waals surface area contributed by atoms with Crippen LogP contribution in [0.15, 0.2) is 78.9 Å². The topological polar surface area (TPSA) is 173 Å². The Morgan fingerprint density at radius 3 is 2.40 bits per heavy atom. The number of aromatic nitrogens is 2. The molecule has 62 heavy (non-hydrogen) atoms. The van der Waals surface area contributed by atoms with Crippen LogP contribution in [0.25, 0.3) is 11.3 Å². The lowest BCUT2D eigenvalue weighted by molar-refractivity contribution is -0.134. The van der Waals surface area contributed by atoms with Crippen molar-refractivity contribution in [2.75, 3.05) is 79.1 Å². The average Bonchev–Trinajstić information content (AvgIpc) is 3.47. The molecular formula is C47H60N10O5. The van der Waals surface area contributed by atoms with E-state index in [4.69, 9.17) is 10.5 Å². The molecule has 4 fully saturated rings. The number of nitrogens with zero attached hydrogens (tertiary/aromatic N) is 7. The molecule has 1 aromatic heterocycles. The molecule has 4 aliphatic heterocycles. The minimum atomic E-state index is -0.375. The van der Waals surface area contributed by atoms with Crippen LogP contribution in [0, 0.1) is 5.92 Å². The number of carbonyl (C=O) groups excluding carboxylic acids is 3. The number of carbonyl (C=O) groups is 3. The second-order valence-corrected chi connectivity index (χ2v) is 17.5. The van der Waals surface area contributed by atoms with Gasteiger partial charge >= 0.3 is 6.03 Å². The largest absolute Gasteiger partial charge is 0.507 e. The molecule has 15 nitrogen and oxygen atoms in total. The number of rotatable bonds is 10. The van der Waals surface area contributed by atoms with Crippen molar-refractivity contribution in [2.45, 2.75) is 82.5 Å². The molecule has 0 aliphatic carbocycles. The highest BCUT2D eigenvalue weighted by atomic mass is 16.5. The molecule has 0 radical (unpaired) electrons. The van der Waals surface area contributed by atoms with Gasteiger partial charge in [0.1, 0.15) is 23.6 Å². The van der Waals surface area contributed by atoms with E-state index in [0.29, 0.717) is 48.9 Å². The maximum Gasteiger partial charge on any atom is 0.319 e. The quantitative estimate of drug-likeness (QED) is 0.139. The summed E-state index contributed by atoms with van der Waals surface area (Å²) in [5.74, 6) is 1.31. The highest BCUT2D eigenvalue weighted by molar-refractivity contribution is 6.01. The van der Waals surface area contributed by atoms with Gasteiger partial charge < -0.3 is 45.4 Å². The lowest BCUT2D eigenvalue weighted by Crippen LogP contribution is -2.52. The summed E-state index contributed by atoms with van der Waals surface area (Å²) in [4.78, 5) is 48.4. The van der Waals surface area contributed by atoms with E-state index in [-0.39, 0.29) is 47.8 Å². The zero-order valence-corrected chi connectivity index (χ0v) is 36.1. The molecule has 4 aromatic rings. The molecule has 0 spiro atoms. The molecule has 3 aromatic carbocycles. The van der Waals surface area contributed by atoms with Gasteiger partial charge in [-0.3, -0.25) is 14.9 Å². The van der Waals surface area contributed by atoms with Gasteiger partial charge in [-0.1, -0.05) is 31.2 Å². The second-order valence-electron chi connectivity index (χ2n) is 17.5. The van der Waals surface area contributed by atoms with Gasteiger partial charge in [-0.05, 0) is 86.6 Å². The summed E-state index contributed by atoms with van der Waals surface area (Å²) in [6, 6.07) is 25.4. The Bertz CT molecular complexity index is 2220. The number of nitrogens with one attached hydrogen (secondary N) is 2. The Labute approximate surface area is 364 Å². The summed E-state index contributed by atoms with van der Waals surface area (Å²) in [5, 5.41) is 25.3. The molecule has 4 amide bonds. The fourth-order valence-corrected chi connectivity index (χ4v) is 9.45. The number of urea groups is 1. The first kappa shape index (κ1) is 42.4. The summed E-state index contributed by atoms with van der Waals surface area (Å²) in [6.45, 7) is 6.77. The minimum absolute atomic E-state index is 0.0160. The van der Waals surface area contributed by atoms with E-state index in [0.717, 1.165) is 93.2 Å². The van der Waals surface area contributed by atoms with Gasteiger partial charge in [0.15, 0.2) is 5.82 Å². The first-order valence-electron chi connectivity index (χ1n) is 22.1. The monoisotopic (exact) mass is 844 g/mol. The van der Waals surface area contributed by atoms with Crippen LogP contribution in [-0.4, -0.2) is 121 Å². The standard InChI is InChI=1S/C47H60N10O5/c1-31-14-15-33(30-57(29-31)42-28-40(51-52-45(42)48)39-12-4-5-13-43(39)58)49-32-8-6-11-38(26-32)62-37-20-24-56(25-21-37)47(61)54(3)34-18-22-55(23-19-34)36-10-7-9-35(27-36)53(2)41-16-17-44(59)50-46(41)60/h4-13,26-28,31,33-34,37,41,49,58H,14-25,29-30H2,1-3H3,(H2,48,52)(H,50,59,60)/t31-,33+,41?/m0/s1. The van der Waals surface area contributed by atoms with Crippen molar-refractivity contribution in [3.63, 3.8) is 0 Å². The molecule has 8 rings (SSSR count). The van der Waals surface area contributed by atoms with Crippen LogP contribution in [0.2, 0.25) is 0 Å². The molecular weight excluding hydrogens is 785 g/mol. The summed E-state index contributed by atoms with van der Waals surface area (Å²) >= 11 is 0. The first-order valence-corrected chi connectivity index (χ1v) is 22.1. The molecule has 5 N–H and O–H groups in total. The number of anilines is 5. The predicted molar refractivity (Wildman–Crippen MR) is 243 cm³/mol. The number of nitrogens with two attached hydrogens (primary N) is 1. The summed E-state index contributed by atoms with van der Waals surface area (Å²) < 4.78 is 6.53. The van der Waals surface area contributed by atoms with Crippen molar-refractivity contribution >= 4 is 46.4 Å². The maximum absolute atomic E-state index is 13.7. The van der Waals surface area contributed by atoms with E-state index in [2.05, 4.69) is 61.8 Å². The number of nitrogen functional groups attached to an aromatic ring is 1. The lowest BCUT2D eigenvalue weighted by atomic mass is 10.0. The van der Waals surface area contributed by atoms with E-state index in [1.54, 1.807) is 12.1 Å². The second kappa shape index (κ2) is 18.8. The number of likely N-dealkylation sites (tertiary alicyclic amines) is 1. The Morgan fingerprint density at radius 1 is 0.855 bits per heavy atom. The molecule has 0 bridgehead atoms. The number of phenolic OH excluding ortho intramolecular Hbond substituents is 1. The van der Waals surface area contributed by atoms with Gasteiger partial charge in [0.2, 0.25) is 11.8 Å². The van der Waals surface area contributed by atoms with Crippen molar-refractivity contribution < 1.29 is 24.2 Å². The van der Waals surface area contributed by atoms with Gasteiger partial charge in [0.05, 0.1) is 11.4 Å². The van der Waals surface area contributed by atoms with E-state index >= 15 is 0 Å². The molecule has 0 saturated carbocycles. The summed E-state index contributed by atoms with van der Waals surface area (Å²) in [6.07, 6.45) is 6.18. The zero-order valence-electron chi connectivity index (χ0n) is 36.1. The average molecular weight is 845 g/mol. The van der Waals surface area contributed by atoms with E-state index in [9.17, 15) is 19.5 Å². The summed E-state index contributed by atoms with van der Waals surface area (Å²) in [7, 11) is 3.84. The zero-order chi connectivity index (χ0) is 43.3. The van der Waals surface area contributed by atoms with Crippen molar-refractivity contribution in [2.24, 2.45) is 5.92 Å². The van der Waals surface area contributed by atoms with Gasteiger partial charge in [0, 0.05) is 113 Å². The van der Waals surface area contributed by atoms with Crippen molar-refractivity contribution in [3.05, 3.63) is 78.9 Å². The fraction of sp³-hybridized carbons (Fsp3) is 0.468. The number of phenols is 1. The van der Waals surface area contributed by atoms with Crippen molar-refractivity contribution in [3.8, 4) is 22.8 Å². The van der Waals surface area contributed by atoms with Crippen LogP contribution in [-0.2, 0) is 9.59 Å². The van der Waals surface area contributed by atoms with Crippen LogP contribution < -0.4 is 35.8 Å². The first-order chi connectivity index (χ1) is 30.0. The highest BCUT2D eigenvalue weighted by Crippen LogP contribution is 2.34. The van der Waals surface area contributed by atoms with E-state index in [1.165, 1.54) is 0 Å². The van der Waals surface area contributed by atoms with Crippen LogP contribution in [0.5, 0.6) is 11.5 Å². The molecule has 3 atom stereocenters. The van der Waals surface area contributed by atoms with Crippen LogP contribution in [0.1, 0.15) is 58.3 Å². The molecule has 1 unspecified atom stereocenters. The fourth-order valence-electron chi connectivity index (χ4n) is 9.45. The number of benzene rings is 3. The lowest BCUT2D eigenvalue weighted by Gasteiger charge is -2.41. The molecule has 4 saturated heterocycles. The minimum Gasteiger partial charge on any atom is -0.507 e. The number of para-hydroxylation sites is 1. The van der Waals surface area contributed by atoms with Gasteiger partial charge in [-0.25, -0.2) is 4.79 Å². The molecule has 4 aliphatic rings. The van der Waals surface area contributed by atoms with Gasteiger partial charge in [0.25, 0.3) is 0 Å². The Morgan fingerprint density at radius 2 is 1.63 bits per heavy atom. The normalized spacial score (nSPS) is 21.5. The Balaban J connectivity index is 0.810. The summed E-state index contributed by atoms with van der Waals surface area (Å²) in [5.41, 5.74) is 11.4. The van der Waals surface area contributed by atoms with Crippen LogP contribution in [0.3, 0.4) is 0 Å². The van der Waals surface area contributed by atoms with Gasteiger partial charge in [-0.15, -0.1) is 10.2 Å². The molecule has 5 heterocycles. The maximum atomic E-state index is 13.7. The number of aromatic hydroxyl groups is 1. The van der Waals surface area contributed by atoms with Crippen molar-refractivity contribution in [1.29, 1.82) is 0 Å². The van der Waals surface area contributed by atoms with E-state index < -0.39 is 0 Å². The van der Waals surface area contributed by atoms with Crippen LogP contribution >= 0.6 is 0 Å². The van der Waals surface area contributed by atoms with E-state index in [1.807, 2.05) is 71.3 Å². The third-order valence-corrected chi connectivity index (χ3v) is 13.1. The smallest absolute Gasteiger partial charge is 0.319 e. The predicted octanol–water partition coefficient (Wildman–Crippen LogP) is 5.95. The number of piperidine rings is 3. The SMILES string of the molecule is C[C@H]1CC[C@@H](Nc2cccc(OC3CCN(C(=O)N(C)C4CCN(c5cccc(N(C)C6CCC(=O)NC6=O)c5)CC4)CC3)c2)CN(c2cc(-c3ccccc3O)nnc2N)C1. The number of likely N-dealkylation sites (N-methyl/N-ethyl adjacent to an activating group) is 1. The molecule has 328 valence electrons. The Kier molecular flexibility index (Phi) is 12.9. The number of amides is 4. The third kappa shape index (κ3) is 9.77. The molecule has 15 heteroatoms. The Hall–Kier alpha value is -6.25. The van der Waals surface area contributed by atoms with Crippen LogP contribution in [0.4, 0.5) is 33.4 Å². The number of hydrogen-bond acceptors (Lipinski definition) is 12. The highest BCUT2D eigenvalue weighted by Gasteiger charge is 2.33.